The first-order chi connectivity index (χ1) is 7.24. The van der Waals surface area contributed by atoms with Gasteiger partial charge in [-0.05, 0) is 25.1 Å². The van der Waals surface area contributed by atoms with Crippen LogP contribution in [0.15, 0.2) is 12.1 Å². The third-order valence-corrected chi connectivity index (χ3v) is 2.82. The second-order valence-corrected chi connectivity index (χ2v) is 3.85. The molecule has 0 radical (unpaired) electrons. The highest BCUT2D eigenvalue weighted by atomic mass is 19.1. The van der Waals surface area contributed by atoms with E-state index in [0.717, 1.165) is 24.1 Å². The zero-order valence-electron chi connectivity index (χ0n) is 9.14. The van der Waals surface area contributed by atoms with Gasteiger partial charge in [0.05, 0.1) is 6.61 Å². The van der Waals surface area contributed by atoms with E-state index in [1.54, 1.807) is 0 Å². The maximum absolute atomic E-state index is 13.5. The molecule has 3 heteroatoms. The van der Waals surface area contributed by atoms with E-state index in [1.807, 2.05) is 13.0 Å². The van der Waals surface area contributed by atoms with E-state index < -0.39 is 0 Å². The van der Waals surface area contributed by atoms with Crippen LogP contribution in [0.4, 0.5) is 4.39 Å². The molecule has 15 heavy (non-hydrogen) atoms. The second-order valence-electron chi connectivity index (χ2n) is 3.85. The zero-order valence-corrected chi connectivity index (χ0v) is 9.14. The molecule has 2 rings (SSSR count). The van der Waals surface area contributed by atoms with Crippen molar-refractivity contribution in [3.63, 3.8) is 0 Å². The Morgan fingerprint density at radius 3 is 3.07 bits per heavy atom. The predicted molar refractivity (Wildman–Crippen MR) is 57.7 cm³/mol. The first kappa shape index (κ1) is 10.4. The van der Waals surface area contributed by atoms with Gasteiger partial charge in [0.1, 0.15) is 0 Å². The molecule has 1 aromatic carbocycles. The Labute approximate surface area is 89.4 Å². The molecule has 82 valence electrons. The van der Waals surface area contributed by atoms with Crippen LogP contribution in [-0.4, -0.2) is 13.2 Å². The highest BCUT2D eigenvalue weighted by Crippen LogP contribution is 2.36. The average Bonchev–Trinajstić information content (AvgIpc) is 2.24. The molecule has 0 saturated carbocycles. The molecule has 1 aliphatic rings. The van der Waals surface area contributed by atoms with Gasteiger partial charge in [-0.3, -0.25) is 0 Å². The third-order valence-electron chi connectivity index (χ3n) is 2.82. The molecule has 1 aromatic rings. The molecule has 1 N–H and O–H groups in total. The summed E-state index contributed by atoms with van der Waals surface area (Å²) < 4.78 is 18.9. The summed E-state index contributed by atoms with van der Waals surface area (Å²) in [7, 11) is 0. The highest BCUT2D eigenvalue weighted by Gasteiger charge is 2.25. The molecule has 0 amide bonds. The van der Waals surface area contributed by atoms with Gasteiger partial charge in [0, 0.05) is 18.0 Å². The fourth-order valence-corrected chi connectivity index (χ4v) is 2.12. The number of benzene rings is 1. The Balaban J connectivity index is 2.45. The Morgan fingerprint density at radius 1 is 1.53 bits per heavy atom. The Kier molecular flexibility index (Phi) is 2.91. The summed E-state index contributed by atoms with van der Waals surface area (Å²) in [5, 5.41) is 3.36. The summed E-state index contributed by atoms with van der Waals surface area (Å²) in [6.07, 6.45) is 0.908. The second kappa shape index (κ2) is 4.19. The number of hydrogen-bond donors (Lipinski definition) is 1. The Morgan fingerprint density at radius 2 is 2.33 bits per heavy atom. The van der Waals surface area contributed by atoms with E-state index in [2.05, 4.69) is 12.2 Å². The molecule has 0 saturated heterocycles. The topological polar surface area (TPSA) is 21.3 Å². The minimum absolute atomic E-state index is 0.231. The van der Waals surface area contributed by atoms with Crippen molar-refractivity contribution in [2.75, 3.05) is 13.2 Å². The van der Waals surface area contributed by atoms with E-state index in [9.17, 15) is 4.39 Å². The van der Waals surface area contributed by atoms with E-state index in [-0.39, 0.29) is 11.9 Å². The number of hydrogen-bond acceptors (Lipinski definition) is 2. The first-order valence-corrected chi connectivity index (χ1v) is 5.39. The van der Waals surface area contributed by atoms with Crippen molar-refractivity contribution >= 4 is 0 Å². The summed E-state index contributed by atoms with van der Waals surface area (Å²) in [5.41, 5.74) is 2.08. The Bertz CT molecular complexity index is 365. The summed E-state index contributed by atoms with van der Waals surface area (Å²) >= 11 is 0. The number of nitrogens with one attached hydrogen (secondary N) is 1. The molecule has 0 bridgehead atoms. The monoisotopic (exact) mass is 209 g/mol. The number of halogens is 1. The number of fused-ring (bicyclic) bond motifs is 1. The minimum atomic E-state index is -0.252. The van der Waals surface area contributed by atoms with E-state index in [0.29, 0.717) is 12.4 Å². The van der Waals surface area contributed by atoms with Gasteiger partial charge in [-0.2, -0.15) is 0 Å². The summed E-state index contributed by atoms with van der Waals surface area (Å²) in [6, 6.07) is 3.52. The average molecular weight is 209 g/mol. The van der Waals surface area contributed by atoms with Crippen LogP contribution in [0.5, 0.6) is 5.75 Å². The lowest BCUT2D eigenvalue weighted by Crippen LogP contribution is -2.28. The van der Waals surface area contributed by atoms with E-state index in [4.69, 9.17) is 4.74 Å². The SMILES string of the molecule is CCNC1CCOc2c(F)ccc(C)c21. The number of ether oxygens (including phenoxy) is 1. The summed E-state index contributed by atoms with van der Waals surface area (Å²) in [6.45, 7) is 5.53. The maximum Gasteiger partial charge on any atom is 0.165 e. The van der Waals surface area contributed by atoms with Gasteiger partial charge in [0.25, 0.3) is 0 Å². The van der Waals surface area contributed by atoms with Crippen molar-refractivity contribution in [1.29, 1.82) is 0 Å². The maximum atomic E-state index is 13.5. The van der Waals surface area contributed by atoms with Crippen LogP contribution >= 0.6 is 0 Å². The van der Waals surface area contributed by atoms with Crippen LogP contribution in [0.1, 0.15) is 30.5 Å². The lowest BCUT2D eigenvalue weighted by Gasteiger charge is -2.28. The minimum Gasteiger partial charge on any atom is -0.490 e. The van der Waals surface area contributed by atoms with Gasteiger partial charge in [-0.25, -0.2) is 4.39 Å². The van der Waals surface area contributed by atoms with Crippen LogP contribution in [0.2, 0.25) is 0 Å². The smallest absolute Gasteiger partial charge is 0.165 e. The Hall–Kier alpha value is -1.09. The van der Waals surface area contributed by atoms with Crippen LogP contribution in [0.25, 0.3) is 0 Å². The van der Waals surface area contributed by atoms with Crippen LogP contribution < -0.4 is 10.1 Å². The number of rotatable bonds is 2. The van der Waals surface area contributed by atoms with Gasteiger partial charge >= 0.3 is 0 Å². The van der Waals surface area contributed by atoms with Crippen molar-refractivity contribution < 1.29 is 9.13 Å². The van der Waals surface area contributed by atoms with Crippen LogP contribution in [0, 0.1) is 12.7 Å². The molecule has 1 aliphatic heterocycles. The van der Waals surface area contributed by atoms with Gasteiger partial charge < -0.3 is 10.1 Å². The molecule has 2 nitrogen and oxygen atoms in total. The largest absolute Gasteiger partial charge is 0.490 e. The van der Waals surface area contributed by atoms with Gasteiger partial charge in [-0.15, -0.1) is 0 Å². The lowest BCUT2D eigenvalue weighted by molar-refractivity contribution is 0.241. The standard InChI is InChI=1S/C12H16FNO/c1-3-14-10-6-7-15-12-9(13)5-4-8(2)11(10)12/h4-5,10,14H,3,6-7H2,1-2H3. The van der Waals surface area contributed by atoms with Crippen molar-refractivity contribution in [2.24, 2.45) is 0 Å². The summed E-state index contributed by atoms with van der Waals surface area (Å²) in [4.78, 5) is 0. The quantitative estimate of drug-likeness (QED) is 0.808. The van der Waals surface area contributed by atoms with Crippen molar-refractivity contribution in [2.45, 2.75) is 26.3 Å². The van der Waals surface area contributed by atoms with Gasteiger partial charge in [0.2, 0.25) is 0 Å². The molecule has 0 aromatic heterocycles. The first-order valence-electron chi connectivity index (χ1n) is 5.39. The summed E-state index contributed by atoms with van der Waals surface area (Å²) in [5.74, 6) is 0.186. The van der Waals surface area contributed by atoms with Crippen LogP contribution in [-0.2, 0) is 0 Å². The van der Waals surface area contributed by atoms with E-state index >= 15 is 0 Å². The molecule has 1 heterocycles. The normalized spacial score (nSPS) is 19.5. The zero-order chi connectivity index (χ0) is 10.8. The number of aryl methyl sites for hydroxylation is 1. The predicted octanol–water partition coefficient (Wildman–Crippen LogP) is 2.57. The van der Waals surface area contributed by atoms with Crippen molar-refractivity contribution in [1.82, 2.24) is 5.32 Å². The lowest BCUT2D eigenvalue weighted by atomic mass is 9.95. The molecule has 0 aliphatic carbocycles. The fraction of sp³-hybridized carbons (Fsp3) is 0.500. The highest BCUT2D eigenvalue weighted by molar-refractivity contribution is 5.44. The van der Waals surface area contributed by atoms with Crippen LogP contribution in [0.3, 0.4) is 0 Å². The molecule has 0 spiro atoms. The molecule has 1 unspecified atom stereocenters. The molecule has 0 fully saturated rings. The van der Waals surface area contributed by atoms with Crippen molar-refractivity contribution in [3.05, 3.63) is 29.1 Å². The van der Waals surface area contributed by atoms with Gasteiger partial charge in [-0.1, -0.05) is 13.0 Å². The molecular weight excluding hydrogens is 193 g/mol. The molecule has 1 atom stereocenters. The third kappa shape index (κ3) is 1.84. The van der Waals surface area contributed by atoms with E-state index in [1.165, 1.54) is 6.07 Å². The fourth-order valence-electron chi connectivity index (χ4n) is 2.12. The molecular formula is C12H16FNO. The van der Waals surface area contributed by atoms with Gasteiger partial charge in [0.15, 0.2) is 11.6 Å². The van der Waals surface area contributed by atoms with Crippen molar-refractivity contribution in [3.8, 4) is 5.75 Å².